The Balaban J connectivity index is 1.36. The maximum absolute atomic E-state index is 13.1. The number of nitrogens with two attached hydrogens (primary N) is 1. The molecule has 0 unspecified atom stereocenters. The van der Waals surface area contributed by atoms with Gasteiger partial charge in [0.05, 0.1) is 29.7 Å². The summed E-state index contributed by atoms with van der Waals surface area (Å²) in [5, 5.41) is 10.5. The minimum Gasteiger partial charge on any atom is -0.364 e. The Kier molecular flexibility index (Phi) is 6.11. The van der Waals surface area contributed by atoms with Gasteiger partial charge in [-0.25, -0.2) is 9.97 Å². The van der Waals surface area contributed by atoms with Crippen LogP contribution in [0.1, 0.15) is 71.9 Å². The van der Waals surface area contributed by atoms with E-state index in [9.17, 15) is 9.59 Å². The van der Waals surface area contributed by atoms with Crippen molar-refractivity contribution in [2.24, 2.45) is 12.8 Å². The third kappa shape index (κ3) is 4.75. The van der Waals surface area contributed by atoms with Crippen molar-refractivity contribution in [2.75, 3.05) is 16.8 Å². The highest BCUT2D eigenvalue weighted by molar-refractivity contribution is 5.96. The lowest BCUT2D eigenvalue weighted by Crippen LogP contribution is -2.62. The number of aromatic nitrogens is 4. The lowest BCUT2D eigenvalue weighted by atomic mass is 9.84. The van der Waals surface area contributed by atoms with E-state index >= 15 is 0 Å². The SMILES string of the molecule is Cn1cc(Nc2nc(N3CCC[C@@H](NC(=O)c4ccc(C5CC5)cc4)C3(C)C)cnc2C(N)=O)cn1. The van der Waals surface area contributed by atoms with E-state index in [2.05, 4.69) is 51.6 Å². The molecule has 0 bridgehead atoms. The van der Waals surface area contributed by atoms with Crippen molar-refractivity contribution in [2.45, 2.75) is 57.0 Å². The predicted molar refractivity (Wildman–Crippen MR) is 137 cm³/mol. The fourth-order valence-corrected chi connectivity index (χ4v) is 4.91. The number of carbonyl (C=O) groups is 2. The Morgan fingerprint density at radius 3 is 2.50 bits per heavy atom. The first-order chi connectivity index (χ1) is 17.2. The Bertz CT molecular complexity index is 1280. The zero-order valence-electron chi connectivity index (χ0n) is 20.9. The van der Waals surface area contributed by atoms with Gasteiger partial charge in [-0.15, -0.1) is 0 Å². The van der Waals surface area contributed by atoms with Gasteiger partial charge in [-0.1, -0.05) is 12.1 Å². The van der Waals surface area contributed by atoms with Crippen molar-refractivity contribution in [1.82, 2.24) is 25.1 Å². The van der Waals surface area contributed by atoms with E-state index < -0.39 is 11.4 Å². The van der Waals surface area contributed by atoms with E-state index in [-0.39, 0.29) is 23.5 Å². The molecule has 1 aliphatic carbocycles. The second-order valence-corrected chi connectivity index (χ2v) is 10.2. The van der Waals surface area contributed by atoms with Crippen molar-refractivity contribution >= 4 is 29.1 Å². The van der Waals surface area contributed by atoms with Gasteiger partial charge in [0.25, 0.3) is 11.8 Å². The summed E-state index contributed by atoms with van der Waals surface area (Å²) in [7, 11) is 1.80. The standard InChI is InChI=1S/C26H32N8O2/c1-26(2)20(31-25(36)18-10-8-17(9-11-18)16-6-7-16)5-4-12-34(26)21-14-28-22(23(27)35)24(32-21)30-19-13-29-33(3)15-19/h8-11,13-16,20H,4-7,12H2,1-3H3,(H2,27,35)(H,30,32)(H,31,36)/t20-/m1/s1. The molecule has 0 radical (unpaired) electrons. The topological polar surface area (TPSA) is 131 Å². The molecule has 4 N–H and O–H groups in total. The number of primary amides is 1. The number of piperidine rings is 1. The zero-order chi connectivity index (χ0) is 25.4. The van der Waals surface area contributed by atoms with Crippen LogP contribution in [-0.4, -0.2) is 49.7 Å². The van der Waals surface area contributed by atoms with Gasteiger partial charge in [-0.2, -0.15) is 5.10 Å². The monoisotopic (exact) mass is 488 g/mol. The Morgan fingerprint density at radius 2 is 1.86 bits per heavy atom. The van der Waals surface area contributed by atoms with Crippen LogP contribution in [0.25, 0.3) is 0 Å². The highest BCUT2D eigenvalue weighted by Crippen LogP contribution is 2.40. The van der Waals surface area contributed by atoms with Gasteiger partial charge in [-0.3, -0.25) is 14.3 Å². The summed E-state index contributed by atoms with van der Waals surface area (Å²) < 4.78 is 1.64. The van der Waals surface area contributed by atoms with Gasteiger partial charge in [0, 0.05) is 25.4 Å². The molecular formula is C26H32N8O2. The van der Waals surface area contributed by atoms with Gasteiger partial charge in [0.2, 0.25) is 0 Å². The van der Waals surface area contributed by atoms with Crippen LogP contribution in [0.3, 0.4) is 0 Å². The molecule has 1 aromatic carbocycles. The minimum atomic E-state index is -0.670. The highest BCUT2D eigenvalue weighted by Gasteiger charge is 2.40. The molecule has 0 spiro atoms. The third-order valence-electron chi connectivity index (χ3n) is 7.19. The fourth-order valence-electron chi connectivity index (χ4n) is 4.91. The summed E-state index contributed by atoms with van der Waals surface area (Å²) in [6, 6.07) is 7.87. The van der Waals surface area contributed by atoms with Crippen molar-refractivity contribution in [1.29, 1.82) is 0 Å². The summed E-state index contributed by atoms with van der Waals surface area (Å²) in [6.45, 7) is 4.92. The number of aryl methyl sites for hydroxylation is 1. The molecule has 2 fully saturated rings. The average molecular weight is 489 g/mol. The Hall–Kier alpha value is -3.95. The van der Waals surface area contributed by atoms with Crippen molar-refractivity contribution in [3.63, 3.8) is 0 Å². The van der Waals surface area contributed by atoms with Crippen LogP contribution in [0.15, 0.2) is 42.9 Å². The molecule has 1 saturated heterocycles. The maximum Gasteiger partial charge on any atom is 0.271 e. The zero-order valence-corrected chi connectivity index (χ0v) is 20.9. The molecular weight excluding hydrogens is 456 g/mol. The predicted octanol–water partition coefficient (Wildman–Crippen LogP) is 3.11. The molecule has 1 atom stereocenters. The molecule has 10 heteroatoms. The van der Waals surface area contributed by atoms with Crippen LogP contribution in [0.4, 0.5) is 17.3 Å². The molecule has 5 rings (SSSR count). The molecule has 2 aromatic heterocycles. The van der Waals surface area contributed by atoms with Gasteiger partial charge in [0.15, 0.2) is 11.5 Å². The van der Waals surface area contributed by atoms with E-state index in [0.29, 0.717) is 23.0 Å². The lowest BCUT2D eigenvalue weighted by molar-refractivity contribution is 0.0904. The smallest absolute Gasteiger partial charge is 0.271 e. The van der Waals surface area contributed by atoms with Crippen molar-refractivity contribution < 1.29 is 9.59 Å². The van der Waals surface area contributed by atoms with Crippen LogP contribution < -0.4 is 21.3 Å². The molecule has 10 nitrogen and oxygen atoms in total. The number of amides is 2. The van der Waals surface area contributed by atoms with Crippen LogP contribution in [-0.2, 0) is 7.05 Å². The van der Waals surface area contributed by atoms with E-state index in [4.69, 9.17) is 10.7 Å². The average Bonchev–Trinajstić information content (AvgIpc) is 3.62. The maximum atomic E-state index is 13.1. The van der Waals surface area contributed by atoms with E-state index in [0.717, 1.165) is 19.4 Å². The summed E-state index contributed by atoms with van der Waals surface area (Å²) in [4.78, 5) is 36.3. The van der Waals surface area contributed by atoms with Gasteiger partial charge in [0.1, 0.15) is 5.82 Å². The number of nitrogens with one attached hydrogen (secondary N) is 2. The molecule has 2 amide bonds. The third-order valence-corrected chi connectivity index (χ3v) is 7.19. The normalized spacial score (nSPS) is 19.1. The number of anilines is 3. The van der Waals surface area contributed by atoms with Gasteiger partial charge in [-0.05, 0) is 63.1 Å². The minimum absolute atomic E-state index is 0.0527. The first kappa shape index (κ1) is 23.8. The first-order valence-electron chi connectivity index (χ1n) is 12.3. The fraction of sp³-hybridized carbons (Fsp3) is 0.423. The summed E-state index contributed by atoms with van der Waals surface area (Å²) >= 11 is 0. The molecule has 1 saturated carbocycles. The summed E-state index contributed by atoms with van der Waals surface area (Å²) in [5.74, 6) is 0.782. The molecule has 188 valence electrons. The van der Waals surface area contributed by atoms with E-state index in [1.807, 2.05) is 12.1 Å². The number of hydrogen-bond acceptors (Lipinski definition) is 7. The van der Waals surface area contributed by atoms with Crippen LogP contribution >= 0.6 is 0 Å². The quantitative estimate of drug-likeness (QED) is 0.466. The number of benzene rings is 1. The lowest BCUT2D eigenvalue weighted by Gasteiger charge is -2.48. The first-order valence-corrected chi connectivity index (χ1v) is 12.3. The molecule has 2 aliphatic rings. The van der Waals surface area contributed by atoms with E-state index in [1.54, 1.807) is 30.3 Å². The molecule has 1 aliphatic heterocycles. The summed E-state index contributed by atoms with van der Waals surface area (Å²) in [6.07, 6.45) is 9.17. The molecule has 3 heterocycles. The van der Waals surface area contributed by atoms with Crippen LogP contribution in [0, 0.1) is 0 Å². The summed E-state index contributed by atoms with van der Waals surface area (Å²) in [5.41, 5.74) is 7.80. The largest absolute Gasteiger partial charge is 0.364 e. The molecule has 36 heavy (non-hydrogen) atoms. The second-order valence-electron chi connectivity index (χ2n) is 10.2. The second kappa shape index (κ2) is 9.25. The van der Waals surface area contributed by atoms with Gasteiger partial charge < -0.3 is 21.3 Å². The van der Waals surface area contributed by atoms with E-state index in [1.165, 1.54) is 18.4 Å². The Labute approximate surface area is 210 Å². The van der Waals surface area contributed by atoms with Crippen LogP contribution in [0.5, 0.6) is 0 Å². The van der Waals surface area contributed by atoms with Crippen LogP contribution in [0.2, 0.25) is 0 Å². The molecule has 3 aromatic rings. The number of nitrogens with zero attached hydrogens (tertiary/aromatic N) is 5. The van der Waals surface area contributed by atoms with Crippen molar-refractivity contribution in [3.8, 4) is 0 Å². The number of hydrogen-bond donors (Lipinski definition) is 3. The number of carbonyl (C=O) groups excluding carboxylic acids is 2. The van der Waals surface area contributed by atoms with Crippen molar-refractivity contribution in [3.05, 3.63) is 59.7 Å². The number of rotatable bonds is 7. The van der Waals surface area contributed by atoms with Gasteiger partial charge >= 0.3 is 0 Å². The highest BCUT2D eigenvalue weighted by atomic mass is 16.2. The Morgan fingerprint density at radius 1 is 1.11 bits per heavy atom.